The molecular weight excluding hydrogens is 440 g/mol. The number of thioether (sulfide) groups is 1. The standard InChI is InChI=1S/C23H18N6O3S/c1-2-20-26-28-21(24)17(22(30)25-23(28)33-20)11-15-13-27(19-10-6-4-8-16(15)19)12-14-7-3-5-9-18(14)29(31)32/h3-11,13,24H,2,12H2,1H3/b17-11-,24-21?. The summed E-state index contributed by atoms with van der Waals surface area (Å²) in [5.41, 5.74) is 2.37. The first-order chi connectivity index (χ1) is 16.0. The molecule has 3 heterocycles. The molecule has 1 N–H and O–H groups in total. The zero-order chi connectivity index (χ0) is 23.1. The first-order valence-corrected chi connectivity index (χ1v) is 11.1. The second kappa shape index (κ2) is 8.14. The smallest absolute Gasteiger partial charge is 0.283 e. The number of aromatic nitrogens is 1. The Bertz CT molecular complexity index is 1430. The Balaban J connectivity index is 1.58. The summed E-state index contributed by atoms with van der Waals surface area (Å²) in [7, 11) is 0. The number of nitrogens with one attached hydrogen (secondary N) is 1. The number of carbonyl (C=O) groups is 1. The van der Waals surface area contributed by atoms with Crippen molar-refractivity contribution in [3.63, 3.8) is 0 Å². The number of hydrogen-bond donors (Lipinski definition) is 1. The van der Waals surface area contributed by atoms with E-state index in [4.69, 9.17) is 5.41 Å². The highest BCUT2D eigenvalue weighted by Crippen LogP contribution is 2.31. The number of para-hydroxylation sites is 2. The van der Waals surface area contributed by atoms with Crippen molar-refractivity contribution in [1.29, 1.82) is 5.41 Å². The lowest BCUT2D eigenvalue weighted by Crippen LogP contribution is -2.35. The van der Waals surface area contributed by atoms with Gasteiger partial charge >= 0.3 is 0 Å². The lowest BCUT2D eigenvalue weighted by molar-refractivity contribution is -0.385. The minimum absolute atomic E-state index is 0.0171. The highest BCUT2D eigenvalue weighted by molar-refractivity contribution is 8.26. The molecule has 1 amide bonds. The number of nitro benzene ring substituents is 1. The van der Waals surface area contributed by atoms with Gasteiger partial charge in [-0.2, -0.15) is 15.1 Å². The number of hydrogen-bond acceptors (Lipinski definition) is 6. The van der Waals surface area contributed by atoms with Gasteiger partial charge in [0.2, 0.25) is 5.17 Å². The van der Waals surface area contributed by atoms with Gasteiger partial charge in [-0.3, -0.25) is 20.3 Å². The van der Waals surface area contributed by atoms with E-state index in [9.17, 15) is 14.9 Å². The third-order valence-electron chi connectivity index (χ3n) is 5.45. The van der Waals surface area contributed by atoms with Crippen molar-refractivity contribution in [2.24, 2.45) is 10.1 Å². The van der Waals surface area contributed by atoms with Crippen molar-refractivity contribution in [1.82, 2.24) is 9.58 Å². The molecule has 0 saturated heterocycles. The number of carbonyl (C=O) groups excluding carboxylic acids is 1. The van der Waals surface area contributed by atoms with Gasteiger partial charge in [-0.05, 0) is 30.3 Å². The second-order valence-electron chi connectivity index (χ2n) is 7.48. The van der Waals surface area contributed by atoms with Crippen molar-refractivity contribution >= 4 is 56.4 Å². The van der Waals surface area contributed by atoms with Crippen LogP contribution in [0, 0.1) is 15.5 Å². The number of fused-ring (bicyclic) bond motifs is 2. The molecule has 0 fully saturated rings. The molecule has 1 aromatic heterocycles. The second-order valence-corrected chi connectivity index (χ2v) is 8.52. The van der Waals surface area contributed by atoms with Crippen molar-refractivity contribution < 1.29 is 9.72 Å². The lowest BCUT2D eigenvalue weighted by atomic mass is 10.1. The van der Waals surface area contributed by atoms with Gasteiger partial charge < -0.3 is 4.57 Å². The van der Waals surface area contributed by atoms with E-state index >= 15 is 0 Å². The zero-order valence-corrected chi connectivity index (χ0v) is 18.4. The minimum Gasteiger partial charge on any atom is -0.342 e. The monoisotopic (exact) mass is 458 g/mol. The van der Waals surface area contributed by atoms with Crippen LogP contribution in [0.3, 0.4) is 0 Å². The van der Waals surface area contributed by atoms with E-state index in [0.717, 1.165) is 21.5 Å². The quantitative estimate of drug-likeness (QED) is 0.340. The Labute approximate surface area is 192 Å². The summed E-state index contributed by atoms with van der Waals surface area (Å²) < 4.78 is 1.91. The molecular formula is C23H18N6O3S. The van der Waals surface area contributed by atoms with Gasteiger partial charge in [-0.15, -0.1) is 0 Å². The lowest BCUT2D eigenvalue weighted by Gasteiger charge is -2.20. The van der Waals surface area contributed by atoms with E-state index in [-0.39, 0.29) is 22.0 Å². The average molecular weight is 459 g/mol. The molecule has 9 nitrogen and oxygen atoms in total. The average Bonchev–Trinajstić information content (AvgIpc) is 3.38. The van der Waals surface area contributed by atoms with Crippen LogP contribution in [0.1, 0.15) is 24.5 Å². The van der Waals surface area contributed by atoms with Crippen LogP contribution in [0.5, 0.6) is 0 Å². The van der Waals surface area contributed by atoms with E-state index < -0.39 is 5.91 Å². The van der Waals surface area contributed by atoms with Crippen molar-refractivity contribution in [2.75, 3.05) is 0 Å². The van der Waals surface area contributed by atoms with Gasteiger partial charge in [0.05, 0.1) is 17.0 Å². The first-order valence-electron chi connectivity index (χ1n) is 10.3. The van der Waals surface area contributed by atoms with Gasteiger partial charge in [0, 0.05) is 34.3 Å². The third kappa shape index (κ3) is 3.64. The fraction of sp³-hybridized carbons (Fsp3) is 0.130. The van der Waals surface area contributed by atoms with Gasteiger partial charge in [0.15, 0.2) is 5.84 Å². The number of hydrazone groups is 1. The molecule has 10 heteroatoms. The molecule has 5 rings (SSSR count). The molecule has 164 valence electrons. The number of rotatable bonds is 5. The summed E-state index contributed by atoms with van der Waals surface area (Å²) in [6.45, 7) is 2.25. The highest BCUT2D eigenvalue weighted by Gasteiger charge is 2.35. The van der Waals surface area contributed by atoms with Crippen LogP contribution >= 0.6 is 11.8 Å². The summed E-state index contributed by atoms with van der Waals surface area (Å²) in [6, 6.07) is 14.3. The van der Waals surface area contributed by atoms with Crippen molar-refractivity contribution in [3.8, 4) is 0 Å². The van der Waals surface area contributed by atoms with Crippen LogP contribution in [-0.2, 0) is 11.3 Å². The van der Waals surface area contributed by atoms with Crippen LogP contribution in [0.4, 0.5) is 5.69 Å². The number of aliphatic imine (C=N–C) groups is 1. The molecule has 0 bridgehead atoms. The Morgan fingerprint density at radius 2 is 1.94 bits per heavy atom. The summed E-state index contributed by atoms with van der Waals surface area (Å²) >= 11 is 1.30. The minimum atomic E-state index is -0.484. The molecule has 2 aromatic carbocycles. The highest BCUT2D eigenvalue weighted by atomic mass is 32.2. The maximum Gasteiger partial charge on any atom is 0.283 e. The van der Waals surface area contributed by atoms with Gasteiger partial charge in [-0.1, -0.05) is 43.3 Å². The Morgan fingerprint density at radius 1 is 1.18 bits per heavy atom. The third-order valence-corrected chi connectivity index (χ3v) is 6.50. The number of amidine groups is 2. The normalized spacial score (nSPS) is 16.9. The molecule has 0 unspecified atom stereocenters. The summed E-state index contributed by atoms with van der Waals surface area (Å²) in [4.78, 5) is 27.9. The Kier molecular flexibility index (Phi) is 5.14. The SMILES string of the molecule is CCC1=NN2C(=N)/C(=C/c3cn(Cc4ccccc4[N+](=O)[O-])c4ccccc34)C(=O)N=C2S1. The predicted octanol–water partition coefficient (Wildman–Crippen LogP) is 4.63. The van der Waals surface area contributed by atoms with Gasteiger partial charge in [0.25, 0.3) is 11.6 Å². The molecule has 33 heavy (non-hydrogen) atoms. The number of nitrogens with zero attached hydrogens (tertiary/aromatic N) is 5. The number of nitro groups is 1. The van der Waals surface area contributed by atoms with E-state index in [2.05, 4.69) is 10.1 Å². The van der Waals surface area contributed by atoms with Crippen LogP contribution in [0.15, 0.2) is 70.4 Å². The molecule has 0 spiro atoms. The van der Waals surface area contributed by atoms with Crippen LogP contribution in [0.25, 0.3) is 17.0 Å². The molecule has 0 atom stereocenters. The first kappa shape index (κ1) is 20.8. The fourth-order valence-electron chi connectivity index (χ4n) is 3.86. The fourth-order valence-corrected chi connectivity index (χ4v) is 4.68. The maximum absolute atomic E-state index is 12.7. The van der Waals surface area contributed by atoms with E-state index in [0.29, 0.717) is 23.7 Å². The molecule has 3 aromatic rings. The molecule has 0 aliphatic carbocycles. The molecule has 2 aliphatic heterocycles. The molecule has 0 saturated carbocycles. The van der Waals surface area contributed by atoms with E-state index in [1.54, 1.807) is 24.3 Å². The summed E-state index contributed by atoms with van der Waals surface area (Å²) in [6.07, 6.45) is 4.18. The zero-order valence-electron chi connectivity index (χ0n) is 17.6. The predicted molar refractivity (Wildman–Crippen MR) is 129 cm³/mol. The van der Waals surface area contributed by atoms with E-state index in [1.165, 1.54) is 22.8 Å². The van der Waals surface area contributed by atoms with Crippen LogP contribution < -0.4 is 0 Å². The summed E-state index contributed by atoms with van der Waals surface area (Å²) in [5, 5.41) is 27.8. The summed E-state index contributed by atoms with van der Waals surface area (Å²) in [5.74, 6) is -0.502. The van der Waals surface area contributed by atoms with Crippen molar-refractivity contribution in [2.45, 2.75) is 19.9 Å². The largest absolute Gasteiger partial charge is 0.342 e. The van der Waals surface area contributed by atoms with Crippen molar-refractivity contribution in [3.05, 3.63) is 81.5 Å². The van der Waals surface area contributed by atoms with Gasteiger partial charge in [-0.25, -0.2) is 0 Å². The Morgan fingerprint density at radius 3 is 2.73 bits per heavy atom. The number of amides is 1. The number of benzene rings is 2. The van der Waals surface area contributed by atoms with E-state index in [1.807, 2.05) is 42.0 Å². The van der Waals surface area contributed by atoms with Crippen LogP contribution in [0.2, 0.25) is 0 Å². The molecule has 2 aliphatic rings. The molecule has 0 radical (unpaired) electrons. The van der Waals surface area contributed by atoms with Gasteiger partial charge in [0.1, 0.15) is 5.04 Å². The van der Waals surface area contributed by atoms with Crippen LogP contribution in [-0.4, -0.2) is 36.5 Å². The maximum atomic E-state index is 12.7. The topological polar surface area (TPSA) is 117 Å². The Hall–Kier alpha value is -4.05.